The van der Waals surface area contributed by atoms with Gasteiger partial charge in [-0.05, 0) is 30.7 Å². The summed E-state index contributed by atoms with van der Waals surface area (Å²) in [4.78, 5) is 25.9. The average Bonchev–Trinajstić information content (AvgIpc) is 3.20. The molecule has 0 spiro atoms. The standard InChI is InChI=1S/C17H19N3O3/c21-15(10-20-14-7-2-1-4-11(14)8-18-20)19-9-12-5-3-6-13(12)16(19)17(22)23/h1-2,4,7-8,12-13,16H,3,5-6,9-10H2,(H,22,23). The molecule has 2 aliphatic rings. The van der Waals surface area contributed by atoms with Crippen LogP contribution in [-0.4, -0.2) is 44.3 Å². The number of amides is 1. The van der Waals surface area contributed by atoms with Crippen molar-refractivity contribution in [1.29, 1.82) is 0 Å². The van der Waals surface area contributed by atoms with Gasteiger partial charge in [0.05, 0.1) is 11.7 Å². The molecule has 3 atom stereocenters. The molecule has 120 valence electrons. The zero-order chi connectivity index (χ0) is 16.0. The van der Waals surface area contributed by atoms with Crippen molar-refractivity contribution in [2.75, 3.05) is 6.54 Å². The van der Waals surface area contributed by atoms with Crippen LogP contribution in [0, 0.1) is 11.8 Å². The van der Waals surface area contributed by atoms with Gasteiger partial charge in [-0.2, -0.15) is 5.10 Å². The lowest BCUT2D eigenvalue weighted by Crippen LogP contribution is -2.44. The number of aromatic nitrogens is 2. The van der Waals surface area contributed by atoms with Crippen LogP contribution in [0.5, 0.6) is 0 Å². The molecule has 2 fully saturated rings. The number of rotatable bonds is 3. The smallest absolute Gasteiger partial charge is 0.326 e. The summed E-state index contributed by atoms with van der Waals surface area (Å²) in [6, 6.07) is 7.03. The van der Waals surface area contributed by atoms with Crippen LogP contribution in [0.15, 0.2) is 30.5 Å². The van der Waals surface area contributed by atoms with Gasteiger partial charge < -0.3 is 10.0 Å². The number of hydrogen-bond acceptors (Lipinski definition) is 3. The van der Waals surface area contributed by atoms with Crippen LogP contribution < -0.4 is 0 Å². The van der Waals surface area contributed by atoms with E-state index in [4.69, 9.17) is 0 Å². The molecule has 2 heterocycles. The molecular weight excluding hydrogens is 294 g/mol. The Kier molecular flexibility index (Phi) is 3.32. The van der Waals surface area contributed by atoms with Crippen LogP contribution in [0.4, 0.5) is 0 Å². The molecule has 1 aliphatic carbocycles. The maximum atomic E-state index is 12.7. The second-order valence-electron chi connectivity index (χ2n) is 6.55. The Morgan fingerprint density at radius 1 is 1.26 bits per heavy atom. The number of fused-ring (bicyclic) bond motifs is 2. The molecule has 0 radical (unpaired) electrons. The van der Waals surface area contributed by atoms with Crippen LogP contribution in [0.25, 0.3) is 10.9 Å². The molecule has 1 aliphatic heterocycles. The van der Waals surface area contributed by atoms with Gasteiger partial charge in [-0.3, -0.25) is 9.48 Å². The lowest BCUT2D eigenvalue weighted by atomic mass is 9.94. The van der Waals surface area contributed by atoms with Gasteiger partial charge in [0.1, 0.15) is 12.6 Å². The maximum Gasteiger partial charge on any atom is 0.326 e. The van der Waals surface area contributed by atoms with Gasteiger partial charge in [-0.1, -0.05) is 24.6 Å². The quantitative estimate of drug-likeness (QED) is 0.936. The Hall–Kier alpha value is -2.37. The second-order valence-corrected chi connectivity index (χ2v) is 6.55. The van der Waals surface area contributed by atoms with E-state index in [0.717, 1.165) is 30.2 Å². The molecule has 1 amide bonds. The highest BCUT2D eigenvalue weighted by atomic mass is 16.4. The summed E-state index contributed by atoms with van der Waals surface area (Å²) in [5, 5.41) is 14.8. The van der Waals surface area contributed by atoms with Crippen molar-refractivity contribution in [2.45, 2.75) is 31.8 Å². The Labute approximate surface area is 133 Å². The number of aliphatic carboxylic acids is 1. The van der Waals surface area contributed by atoms with Gasteiger partial charge in [0.25, 0.3) is 0 Å². The van der Waals surface area contributed by atoms with Crippen LogP contribution in [0.2, 0.25) is 0 Å². The Bertz CT molecular complexity index is 769. The number of hydrogen-bond donors (Lipinski definition) is 1. The average molecular weight is 313 g/mol. The molecule has 1 N–H and O–H groups in total. The van der Waals surface area contributed by atoms with E-state index in [9.17, 15) is 14.7 Å². The summed E-state index contributed by atoms with van der Waals surface area (Å²) in [6.07, 6.45) is 4.75. The molecule has 1 aromatic carbocycles. The van der Waals surface area contributed by atoms with Gasteiger partial charge in [0, 0.05) is 11.9 Å². The summed E-state index contributed by atoms with van der Waals surface area (Å²) >= 11 is 0. The van der Waals surface area contributed by atoms with Crippen LogP contribution in [0.1, 0.15) is 19.3 Å². The molecule has 0 bridgehead atoms. The molecule has 2 aromatic rings. The summed E-state index contributed by atoms with van der Waals surface area (Å²) in [7, 11) is 0. The Balaban J connectivity index is 1.58. The normalized spacial score (nSPS) is 26.6. The SMILES string of the molecule is O=C(O)C1C2CCCC2CN1C(=O)Cn1ncc2ccccc21. The first-order valence-electron chi connectivity index (χ1n) is 8.08. The fraction of sp³-hybridized carbons (Fsp3) is 0.471. The molecule has 3 unspecified atom stereocenters. The van der Waals surface area contributed by atoms with Gasteiger partial charge in [0.15, 0.2) is 0 Å². The number of para-hydroxylation sites is 1. The first kappa shape index (κ1) is 14.2. The molecule has 1 saturated carbocycles. The Morgan fingerprint density at radius 3 is 2.91 bits per heavy atom. The Morgan fingerprint density at radius 2 is 2.09 bits per heavy atom. The highest BCUT2D eigenvalue weighted by Crippen LogP contribution is 2.42. The topological polar surface area (TPSA) is 75.4 Å². The minimum Gasteiger partial charge on any atom is -0.480 e. The lowest BCUT2D eigenvalue weighted by Gasteiger charge is -2.24. The summed E-state index contributed by atoms with van der Waals surface area (Å²) in [6.45, 7) is 0.663. The third-order valence-electron chi connectivity index (χ3n) is 5.30. The van der Waals surface area contributed by atoms with E-state index in [2.05, 4.69) is 5.10 Å². The molecule has 23 heavy (non-hydrogen) atoms. The van der Waals surface area contributed by atoms with E-state index in [0.29, 0.717) is 12.5 Å². The molecule has 6 heteroatoms. The van der Waals surface area contributed by atoms with Crippen molar-refractivity contribution in [2.24, 2.45) is 11.8 Å². The first-order valence-corrected chi connectivity index (χ1v) is 8.08. The summed E-state index contributed by atoms with van der Waals surface area (Å²) in [5.74, 6) is -0.570. The molecule has 1 saturated heterocycles. The number of carboxylic acids is 1. The molecular formula is C17H19N3O3. The summed E-state index contributed by atoms with van der Waals surface area (Å²) < 4.78 is 1.66. The van der Waals surface area contributed by atoms with Gasteiger partial charge in [-0.15, -0.1) is 0 Å². The minimum absolute atomic E-state index is 0.0940. The number of carboxylic acid groups (broad SMARTS) is 1. The zero-order valence-corrected chi connectivity index (χ0v) is 12.8. The number of benzene rings is 1. The van der Waals surface area contributed by atoms with Gasteiger partial charge in [-0.25, -0.2) is 4.79 Å². The highest BCUT2D eigenvalue weighted by Gasteiger charge is 2.49. The van der Waals surface area contributed by atoms with E-state index in [-0.39, 0.29) is 18.4 Å². The van der Waals surface area contributed by atoms with E-state index < -0.39 is 12.0 Å². The maximum absolute atomic E-state index is 12.7. The largest absolute Gasteiger partial charge is 0.480 e. The van der Waals surface area contributed by atoms with Crippen LogP contribution in [-0.2, 0) is 16.1 Å². The fourth-order valence-electron chi connectivity index (χ4n) is 4.25. The third kappa shape index (κ3) is 2.29. The molecule has 6 nitrogen and oxygen atoms in total. The zero-order valence-electron chi connectivity index (χ0n) is 12.8. The van der Waals surface area contributed by atoms with E-state index in [1.165, 1.54) is 0 Å². The molecule has 1 aromatic heterocycles. The summed E-state index contributed by atoms with van der Waals surface area (Å²) in [5.41, 5.74) is 0.895. The number of carbonyl (C=O) groups excluding carboxylic acids is 1. The fourth-order valence-corrected chi connectivity index (χ4v) is 4.25. The van der Waals surface area contributed by atoms with Gasteiger partial charge in [0.2, 0.25) is 5.91 Å². The van der Waals surface area contributed by atoms with Crippen molar-refractivity contribution < 1.29 is 14.7 Å². The second kappa shape index (κ2) is 5.37. The van der Waals surface area contributed by atoms with E-state index in [1.54, 1.807) is 15.8 Å². The highest BCUT2D eigenvalue weighted by molar-refractivity contribution is 5.86. The van der Waals surface area contributed by atoms with E-state index >= 15 is 0 Å². The van der Waals surface area contributed by atoms with Crippen molar-refractivity contribution in [3.05, 3.63) is 30.5 Å². The van der Waals surface area contributed by atoms with Crippen molar-refractivity contribution in [3.8, 4) is 0 Å². The molecule has 4 rings (SSSR count). The number of likely N-dealkylation sites (tertiary alicyclic amines) is 1. The third-order valence-corrected chi connectivity index (χ3v) is 5.30. The van der Waals surface area contributed by atoms with Crippen molar-refractivity contribution in [3.63, 3.8) is 0 Å². The van der Waals surface area contributed by atoms with Crippen LogP contribution >= 0.6 is 0 Å². The predicted molar refractivity (Wildman–Crippen MR) is 83.7 cm³/mol. The van der Waals surface area contributed by atoms with Crippen LogP contribution in [0.3, 0.4) is 0 Å². The minimum atomic E-state index is -0.877. The monoisotopic (exact) mass is 313 g/mol. The predicted octanol–water partition coefficient (Wildman–Crippen LogP) is 1.75. The number of nitrogens with zero attached hydrogens (tertiary/aromatic N) is 3. The van der Waals surface area contributed by atoms with Crippen molar-refractivity contribution in [1.82, 2.24) is 14.7 Å². The van der Waals surface area contributed by atoms with Crippen molar-refractivity contribution >= 4 is 22.8 Å². The van der Waals surface area contributed by atoms with E-state index in [1.807, 2.05) is 24.3 Å². The lowest BCUT2D eigenvalue weighted by molar-refractivity contribution is -0.149. The van der Waals surface area contributed by atoms with Gasteiger partial charge >= 0.3 is 5.97 Å². The number of carbonyl (C=O) groups is 2. The first-order chi connectivity index (χ1) is 11.1.